The summed E-state index contributed by atoms with van der Waals surface area (Å²) < 4.78 is 11.7. The molecule has 0 saturated heterocycles. The number of amides is 1. The van der Waals surface area contributed by atoms with Crippen molar-refractivity contribution >= 4 is 28.8 Å². The molecule has 3 rings (SSSR count). The zero-order chi connectivity index (χ0) is 20.1. The first-order valence-electron chi connectivity index (χ1n) is 9.11. The van der Waals surface area contributed by atoms with Gasteiger partial charge in [-0.1, -0.05) is 28.9 Å². The van der Waals surface area contributed by atoms with Crippen molar-refractivity contribution < 1.29 is 14.1 Å². The lowest BCUT2D eigenvalue weighted by Crippen LogP contribution is -2.31. The van der Waals surface area contributed by atoms with Gasteiger partial charge in [-0.3, -0.25) is 4.79 Å². The Morgan fingerprint density at radius 2 is 1.96 bits per heavy atom. The number of aromatic nitrogens is 1. The molecule has 0 bridgehead atoms. The van der Waals surface area contributed by atoms with Crippen LogP contribution in [0.5, 0.6) is 5.75 Å². The number of rotatable bonds is 8. The van der Waals surface area contributed by atoms with Gasteiger partial charge in [0.05, 0.1) is 28.6 Å². The largest absolute Gasteiger partial charge is 0.489 e. The van der Waals surface area contributed by atoms with Crippen molar-refractivity contribution in [2.24, 2.45) is 0 Å². The van der Waals surface area contributed by atoms with Gasteiger partial charge in [-0.2, -0.15) is 0 Å². The zero-order valence-corrected chi connectivity index (χ0v) is 17.8. The molecule has 3 aromatic rings. The van der Waals surface area contributed by atoms with Crippen LogP contribution in [0.1, 0.15) is 34.4 Å². The first-order chi connectivity index (χ1) is 13.5. The molecule has 0 aliphatic rings. The fourth-order valence-electron chi connectivity index (χ4n) is 2.85. The van der Waals surface area contributed by atoms with Gasteiger partial charge >= 0.3 is 0 Å². The lowest BCUT2D eigenvalue weighted by molar-refractivity contribution is -0.130. The van der Waals surface area contributed by atoms with Gasteiger partial charge in [0.15, 0.2) is 0 Å². The second kappa shape index (κ2) is 9.26. The third-order valence-corrected chi connectivity index (χ3v) is 5.77. The number of hydrogen-bond acceptors (Lipinski definition) is 5. The standard InChI is InChI=1S/C21H23ClN2O3S/c1-4-24(12-18-9-10-20(22)28-18)21(25)11-16-5-7-17(8-6-16)26-13-19-14(2)23-27-15(19)3/h5-10H,4,11-13H2,1-3H3. The smallest absolute Gasteiger partial charge is 0.227 e. The van der Waals surface area contributed by atoms with Crippen LogP contribution in [0.15, 0.2) is 40.9 Å². The van der Waals surface area contributed by atoms with Gasteiger partial charge in [0, 0.05) is 11.4 Å². The summed E-state index contributed by atoms with van der Waals surface area (Å²) in [4.78, 5) is 15.6. The molecule has 7 heteroatoms. The van der Waals surface area contributed by atoms with Gasteiger partial charge < -0.3 is 14.2 Å². The molecule has 148 valence electrons. The van der Waals surface area contributed by atoms with Gasteiger partial charge in [0.2, 0.25) is 5.91 Å². The summed E-state index contributed by atoms with van der Waals surface area (Å²) in [6, 6.07) is 11.5. The highest BCUT2D eigenvalue weighted by atomic mass is 35.5. The molecule has 0 fully saturated rings. The average molecular weight is 419 g/mol. The minimum Gasteiger partial charge on any atom is -0.489 e. The number of nitrogens with zero attached hydrogens (tertiary/aromatic N) is 2. The van der Waals surface area contributed by atoms with Crippen molar-refractivity contribution in [3.8, 4) is 5.75 Å². The topological polar surface area (TPSA) is 55.6 Å². The molecule has 0 saturated carbocycles. The summed E-state index contributed by atoms with van der Waals surface area (Å²) >= 11 is 7.49. The minimum absolute atomic E-state index is 0.0939. The van der Waals surface area contributed by atoms with Crippen molar-refractivity contribution in [2.75, 3.05) is 6.54 Å². The van der Waals surface area contributed by atoms with Crippen LogP contribution in [0.3, 0.4) is 0 Å². The van der Waals surface area contributed by atoms with Crippen LogP contribution >= 0.6 is 22.9 Å². The van der Waals surface area contributed by atoms with Crippen molar-refractivity contribution in [3.05, 3.63) is 68.2 Å². The normalized spacial score (nSPS) is 10.9. The van der Waals surface area contributed by atoms with E-state index in [9.17, 15) is 4.79 Å². The van der Waals surface area contributed by atoms with E-state index < -0.39 is 0 Å². The van der Waals surface area contributed by atoms with E-state index in [1.54, 1.807) is 0 Å². The molecule has 0 atom stereocenters. The van der Waals surface area contributed by atoms with Crippen LogP contribution in [-0.2, 0) is 24.4 Å². The Morgan fingerprint density at radius 3 is 2.54 bits per heavy atom. The number of likely N-dealkylation sites (N-methyl/N-ethyl adjacent to an activating group) is 1. The number of carbonyl (C=O) groups is 1. The summed E-state index contributed by atoms with van der Waals surface area (Å²) in [6.07, 6.45) is 0.358. The van der Waals surface area contributed by atoms with E-state index in [0.717, 1.165) is 37.5 Å². The highest BCUT2D eigenvalue weighted by molar-refractivity contribution is 7.16. The Morgan fingerprint density at radius 1 is 1.21 bits per heavy atom. The van der Waals surface area contributed by atoms with Crippen LogP contribution in [0.4, 0.5) is 0 Å². The van der Waals surface area contributed by atoms with Crippen LogP contribution < -0.4 is 4.74 Å². The zero-order valence-electron chi connectivity index (χ0n) is 16.2. The maximum Gasteiger partial charge on any atom is 0.227 e. The van der Waals surface area contributed by atoms with Crippen molar-refractivity contribution in [1.82, 2.24) is 10.1 Å². The van der Waals surface area contributed by atoms with E-state index >= 15 is 0 Å². The Bertz CT molecular complexity index is 914. The van der Waals surface area contributed by atoms with Gasteiger partial charge in [0.1, 0.15) is 18.1 Å². The Kier molecular flexibility index (Phi) is 6.75. The van der Waals surface area contributed by atoms with Gasteiger partial charge in [-0.05, 0) is 50.6 Å². The number of hydrogen-bond donors (Lipinski definition) is 0. The van der Waals surface area contributed by atoms with Crippen LogP contribution in [0, 0.1) is 13.8 Å². The predicted octanol–water partition coefficient (Wildman–Crippen LogP) is 5.18. The molecule has 0 aliphatic heterocycles. The van der Waals surface area contributed by atoms with E-state index in [0.29, 0.717) is 26.1 Å². The van der Waals surface area contributed by atoms with E-state index in [-0.39, 0.29) is 5.91 Å². The molecular formula is C21H23ClN2O3S. The molecule has 2 heterocycles. The highest BCUT2D eigenvalue weighted by Gasteiger charge is 2.14. The van der Waals surface area contributed by atoms with Crippen LogP contribution in [-0.4, -0.2) is 22.5 Å². The summed E-state index contributed by atoms with van der Waals surface area (Å²) in [5.74, 6) is 1.61. The third kappa shape index (κ3) is 5.14. The first-order valence-corrected chi connectivity index (χ1v) is 10.3. The summed E-state index contributed by atoms with van der Waals surface area (Å²) in [5, 5.41) is 3.93. The van der Waals surface area contributed by atoms with Gasteiger partial charge in [-0.25, -0.2) is 0 Å². The van der Waals surface area contributed by atoms with Gasteiger partial charge in [0.25, 0.3) is 0 Å². The van der Waals surface area contributed by atoms with E-state index in [1.165, 1.54) is 11.3 Å². The molecule has 28 heavy (non-hydrogen) atoms. The number of ether oxygens (including phenoxy) is 1. The first kappa shape index (κ1) is 20.4. The molecule has 0 unspecified atom stereocenters. The van der Waals surface area contributed by atoms with E-state index in [2.05, 4.69) is 5.16 Å². The molecule has 1 aromatic carbocycles. The summed E-state index contributed by atoms with van der Waals surface area (Å²) in [5.41, 5.74) is 2.76. The van der Waals surface area contributed by atoms with Crippen molar-refractivity contribution in [2.45, 2.75) is 40.3 Å². The molecule has 0 spiro atoms. The quantitative estimate of drug-likeness (QED) is 0.506. The monoisotopic (exact) mass is 418 g/mol. The molecule has 0 radical (unpaired) electrons. The summed E-state index contributed by atoms with van der Waals surface area (Å²) in [6.45, 7) is 7.41. The average Bonchev–Trinajstić information content (AvgIpc) is 3.24. The number of thiophene rings is 1. The van der Waals surface area contributed by atoms with E-state index in [1.807, 2.05) is 62.1 Å². The molecule has 1 amide bonds. The third-order valence-electron chi connectivity index (χ3n) is 4.55. The van der Waals surface area contributed by atoms with Crippen molar-refractivity contribution in [1.29, 1.82) is 0 Å². The Hall–Kier alpha value is -2.31. The lowest BCUT2D eigenvalue weighted by Gasteiger charge is -2.20. The van der Waals surface area contributed by atoms with Crippen LogP contribution in [0.25, 0.3) is 0 Å². The Labute approximate surface area is 173 Å². The molecule has 2 aromatic heterocycles. The number of carbonyl (C=O) groups excluding carboxylic acids is 1. The maximum absolute atomic E-state index is 12.6. The van der Waals surface area contributed by atoms with Gasteiger partial charge in [-0.15, -0.1) is 11.3 Å². The number of halogens is 1. The second-order valence-electron chi connectivity index (χ2n) is 6.53. The SMILES string of the molecule is CCN(Cc1ccc(Cl)s1)C(=O)Cc1ccc(OCc2c(C)noc2C)cc1. The summed E-state index contributed by atoms with van der Waals surface area (Å²) in [7, 11) is 0. The Balaban J connectivity index is 1.56. The molecule has 0 N–H and O–H groups in total. The van der Waals surface area contributed by atoms with Crippen LogP contribution in [0.2, 0.25) is 4.34 Å². The lowest BCUT2D eigenvalue weighted by atomic mass is 10.1. The molecule has 0 aliphatic carbocycles. The molecular weight excluding hydrogens is 396 g/mol. The maximum atomic E-state index is 12.6. The highest BCUT2D eigenvalue weighted by Crippen LogP contribution is 2.23. The fraction of sp³-hybridized carbons (Fsp3) is 0.333. The fourth-order valence-corrected chi connectivity index (χ4v) is 3.96. The predicted molar refractivity (Wildman–Crippen MR) is 111 cm³/mol. The van der Waals surface area contributed by atoms with E-state index in [4.69, 9.17) is 20.9 Å². The number of aryl methyl sites for hydroxylation is 2. The molecule has 5 nitrogen and oxygen atoms in total. The second-order valence-corrected chi connectivity index (χ2v) is 8.33. The number of benzene rings is 1. The van der Waals surface area contributed by atoms with Crippen molar-refractivity contribution in [3.63, 3.8) is 0 Å². The minimum atomic E-state index is 0.0939.